The minimum absolute atomic E-state index is 0.0418. The Hall–Kier alpha value is -3.33. The van der Waals surface area contributed by atoms with Crippen LogP contribution in [0, 0.1) is 0 Å². The van der Waals surface area contributed by atoms with Gasteiger partial charge < -0.3 is 35.3 Å². The quantitative estimate of drug-likeness (QED) is 0.177. The molecule has 1 aliphatic rings. The molecule has 4 rings (SSSR count). The van der Waals surface area contributed by atoms with Crippen LogP contribution in [0.1, 0.15) is 33.9 Å². The van der Waals surface area contributed by atoms with Gasteiger partial charge in [0.1, 0.15) is 24.0 Å². The number of nitrogens with one attached hydrogen (secondary N) is 1. The summed E-state index contributed by atoms with van der Waals surface area (Å²) in [5.41, 5.74) is 12.8. The van der Waals surface area contributed by atoms with Gasteiger partial charge in [0.05, 0.1) is 31.7 Å². The van der Waals surface area contributed by atoms with Crippen LogP contribution < -0.4 is 25.8 Å². The van der Waals surface area contributed by atoms with Gasteiger partial charge in [-0.15, -0.1) is 0 Å². The monoisotopic (exact) mass is 579 g/mol. The van der Waals surface area contributed by atoms with Gasteiger partial charge in [-0.25, -0.2) is 9.55 Å². The molecule has 0 bridgehead atoms. The number of esters is 1. The Morgan fingerprint density at radius 2 is 1.98 bits per heavy atom. The lowest BCUT2D eigenvalue weighted by Crippen LogP contribution is -2.41. The fraction of sp³-hybridized carbons (Fsp3) is 0.500. The molecule has 1 saturated heterocycles. The number of nitrogens with zero attached hydrogens (tertiary/aromatic N) is 4. The van der Waals surface area contributed by atoms with E-state index in [0.717, 1.165) is 0 Å². The van der Waals surface area contributed by atoms with E-state index in [1.807, 2.05) is 0 Å². The zero-order valence-corrected chi connectivity index (χ0v) is 23.4. The number of hydrogen-bond donors (Lipinski definition) is 4. The van der Waals surface area contributed by atoms with E-state index in [9.17, 15) is 14.5 Å². The second kappa shape index (κ2) is 12.5. The number of aliphatic hydroxyl groups excluding tert-OH is 1. The molecule has 1 aromatic carbocycles. The molecule has 0 saturated carbocycles. The first-order chi connectivity index (χ1) is 19.0. The number of nitrogens with two attached hydrogens (primary N) is 2. The number of carbonyl (C=O) groups is 1. The van der Waals surface area contributed by atoms with E-state index >= 15 is 0 Å². The number of aromatic nitrogens is 4. The normalized spacial score (nSPS) is 23.2. The molecule has 16 heteroatoms. The fourth-order valence-electron chi connectivity index (χ4n) is 3.99. The maximum atomic E-state index is 13.8. The highest BCUT2D eigenvalue weighted by Gasteiger charge is 2.45. The van der Waals surface area contributed by atoms with E-state index in [1.54, 1.807) is 51.1 Å². The Balaban J connectivity index is 1.52. The predicted molar refractivity (Wildman–Crippen MR) is 143 cm³/mol. The number of nitrogen functional groups attached to an aromatic ring is 1. The molecule has 3 heterocycles. The van der Waals surface area contributed by atoms with Crippen molar-refractivity contribution >= 4 is 30.8 Å². The molecule has 6 atom stereocenters. The van der Waals surface area contributed by atoms with E-state index in [-0.39, 0.29) is 23.7 Å². The van der Waals surface area contributed by atoms with Crippen LogP contribution in [0.4, 0.5) is 5.95 Å². The molecular weight excluding hydrogens is 545 g/mol. The van der Waals surface area contributed by atoms with Crippen molar-refractivity contribution in [3.63, 3.8) is 0 Å². The summed E-state index contributed by atoms with van der Waals surface area (Å²) in [6, 6.07) is 6.31. The third kappa shape index (κ3) is 6.69. The van der Waals surface area contributed by atoms with Gasteiger partial charge in [0, 0.05) is 0 Å². The van der Waals surface area contributed by atoms with Crippen molar-refractivity contribution in [1.29, 1.82) is 0 Å². The van der Waals surface area contributed by atoms with Crippen LogP contribution in [0.5, 0.6) is 11.6 Å². The number of para-hydroxylation sites is 1. The van der Waals surface area contributed by atoms with Gasteiger partial charge in [-0.05, 0) is 39.8 Å². The molecule has 0 spiro atoms. The minimum atomic E-state index is -4.19. The number of rotatable bonds is 12. The number of fused-ring (bicyclic) bond motifs is 1. The van der Waals surface area contributed by atoms with Crippen molar-refractivity contribution in [3.05, 3.63) is 36.7 Å². The van der Waals surface area contributed by atoms with Gasteiger partial charge in [-0.2, -0.15) is 15.1 Å². The lowest BCUT2D eigenvalue weighted by Gasteiger charge is -2.25. The zero-order chi connectivity index (χ0) is 29.0. The Bertz CT molecular complexity index is 1360. The molecule has 6 N–H and O–H groups in total. The summed E-state index contributed by atoms with van der Waals surface area (Å²) >= 11 is 0. The van der Waals surface area contributed by atoms with Crippen LogP contribution in [0.25, 0.3) is 11.2 Å². The molecule has 40 heavy (non-hydrogen) atoms. The van der Waals surface area contributed by atoms with E-state index in [1.165, 1.54) is 17.8 Å². The maximum absolute atomic E-state index is 13.8. The third-order valence-electron chi connectivity index (χ3n) is 5.82. The van der Waals surface area contributed by atoms with Gasteiger partial charge in [-0.3, -0.25) is 13.9 Å². The average molecular weight is 580 g/mol. The Labute approximate surface area is 230 Å². The number of anilines is 1. The molecule has 0 amide bonds. The lowest BCUT2D eigenvalue weighted by atomic mass is 10.1. The van der Waals surface area contributed by atoms with Crippen molar-refractivity contribution in [3.8, 4) is 11.6 Å². The molecule has 1 aliphatic heterocycles. The summed E-state index contributed by atoms with van der Waals surface area (Å²) in [4.78, 5) is 25.0. The summed E-state index contributed by atoms with van der Waals surface area (Å²) in [5.74, 6) is -0.252. The van der Waals surface area contributed by atoms with Crippen LogP contribution in [0.3, 0.4) is 0 Å². The molecule has 0 radical (unpaired) electrons. The minimum Gasteiger partial charge on any atom is -0.476 e. The summed E-state index contributed by atoms with van der Waals surface area (Å²) in [5, 5.41) is 13.5. The van der Waals surface area contributed by atoms with Gasteiger partial charge in [0.2, 0.25) is 11.8 Å². The van der Waals surface area contributed by atoms with Crippen molar-refractivity contribution in [2.75, 3.05) is 18.9 Å². The number of benzene rings is 1. The number of imidazole rings is 1. The molecular formula is C24H34N7O8P. The molecule has 218 valence electrons. The number of carbonyl (C=O) groups excluding carboxylic acids is 1. The van der Waals surface area contributed by atoms with Gasteiger partial charge >= 0.3 is 13.7 Å². The highest BCUT2D eigenvalue weighted by atomic mass is 31.2. The van der Waals surface area contributed by atoms with Crippen LogP contribution >= 0.6 is 7.75 Å². The summed E-state index contributed by atoms with van der Waals surface area (Å²) in [6.45, 7) is 6.59. The highest BCUT2D eigenvalue weighted by Crippen LogP contribution is 2.46. The third-order valence-corrected chi connectivity index (χ3v) is 7.46. The Morgan fingerprint density at radius 1 is 1.25 bits per heavy atom. The maximum Gasteiger partial charge on any atom is 0.459 e. The van der Waals surface area contributed by atoms with Crippen molar-refractivity contribution in [2.24, 2.45) is 5.73 Å². The lowest BCUT2D eigenvalue weighted by molar-refractivity contribution is -0.149. The Kier molecular flexibility index (Phi) is 9.23. The summed E-state index contributed by atoms with van der Waals surface area (Å²) in [7, 11) is -4.19. The largest absolute Gasteiger partial charge is 0.476 e. The second-order valence-electron chi connectivity index (χ2n) is 9.31. The molecule has 1 fully saturated rings. The summed E-state index contributed by atoms with van der Waals surface area (Å²) in [6.07, 6.45) is -2.15. The molecule has 0 aliphatic carbocycles. The highest BCUT2D eigenvalue weighted by molar-refractivity contribution is 7.52. The number of ether oxygens (including phenoxy) is 3. The number of aliphatic hydroxyl groups is 1. The van der Waals surface area contributed by atoms with Crippen molar-refractivity contribution < 1.29 is 37.7 Å². The van der Waals surface area contributed by atoms with Crippen LogP contribution in [-0.2, 0) is 23.4 Å². The summed E-state index contributed by atoms with van der Waals surface area (Å²) < 4.78 is 43.3. The fourth-order valence-corrected chi connectivity index (χ4v) is 5.49. The first kappa shape index (κ1) is 29.6. The molecule has 0 unspecified atom stereocenters. The molecule has 3 aromatic rings. The molecule has 2 aromatic heterocycles. The molecule has 15 nitrogen and oxygen atoms in total. The Morgan fingerprint density at radius 3 is 2.65 bits per heavy atom. The predicted octanol–water partition coefficient (Wildman–Crippen LogP) is 1.53. The van der Waals surface area contributed by atoms with Crippen molar-refractivity contribution in [1.82, 2.24) is 24.6 Å². The van der Waals surface area contributed by atoms with Crippen LogP contribution in [0.2, 0.25) is 0 Å². The van der Waals surface area contributed by atoms with E-state index in [2.05, 4.69) is 20.0 Å². The zero-order valence-electron chi connectivity index (χ0n) is 22.5. The van der Waals surface area contributed by atoms with Crippen LogP contribution in [0.15, 0.2) is 36.7 Å². The van der Waals surface area contributed by atoms with E-state index < -0.39 is 50.8 Å². The van der Waals surface area contributed by atoms with Crippen LogP contribution in [-0.4, -0.2) is 74.2 Å². The number of hydrogen-bond acceptors (Lipinski definition) is 13. The van der Waals surface area contributed by atoms with Gasteiger partial charge in [0.15, 0.2) is 17.4 Å². The van der Waals surface area contributed by atoms with Crippen molar-refractivity contribution in [2.45, 2.75) is 64.3 Å². The SMILES string of the molecule is CCOc1nc(N)nc2c1ncn2[C@@H]1O[C@H](CO[P@](=O)(N[C@@H](C)C(=O)OC(C)C)Oc2ccccc2)[C@@H](O)[C@H]1N. The van der Waals surface area contributed by atoms with E-state index in [0.29, 0.717) is 17.8 Å². The van der Waals surface area contributed by atoms with Gasteiger partial charge in [0.25, 0.3) is 0 Å². The average Bonchev–Trinajstić information content (AvgIpc) is 3.43. The van der Waals surface area contributed by atoms with Gasteiger partial charge in [-0.1, -0.05) is 18.2 Å². The second-order valence-corrected chi connectivity index (χ2v) is 11.0. The first-order valence-electron chi connectivity index (χ1n) is 12.7. The standard InChI is InChI=1S/C24H34N7O8P/c1-5-35-21-18-20(28-24(26)29-21)31(12-27-18)22-17(25)19(32)16(38-22)11-36-40(34,39-15-9-7-6-8-10-15)30-14(4)23(33)37-13(2)3/h6-10,12-14,16-17,19,22,32H,5,11,25H2,1-4H3,(H,30,34)(H2,26,28,29)/t14-,16+,17+,19+,22+,40+/m0/s1. The topological polar surface area (TPSA) is 208 Å². The van der Waals surface area contributed by atoms with E-state index in [4.69, 9.17) is 34.7 Å². The smallest absolute Gasteiger partial charge is 0.459 e. The first-order valence-corrected chi connectivity index (χ1v) is 14.2.